The van der Waals surface area contributed by atoms with Crippen LogP contribution in [-0.2, 0) is 11.2 Å². The number of aromatic nitrogens is 1. The zero-order valence-corrected chi connectivity index (χ0v) is 12.5. The van der Waals surface area contributed by atoms with Gasteiger partial charge in [0.2, 0.25) is 0 Å². The SMILES string of the molecule is CN(C)CCc1ccc2ccn(C3CCOCC3)c2c1. The van der Waals surface area contributed by atoms with Gasteiger partial charge in [-0.25, -0.2) is 0 Å². The van der Waals surface area contributed by atoms with Crippen LogP contribution in [0.15, 0.2) is 30.5 Å². The van der Waals surface area contributed by atoms with Crippen LogP contribution in [0.4, 0.5) is 0 Å². The average Bonchev–Trinajstić information content (AvgIpc) is 2.89. The Morgan fingerprint density at radius 1 is 1.20 bits per heavy atom. The summed E-state index contributed by atoms with van der Waals surface area (Å²) in [5.74, 6) is 0. The number of likely N-dealkylation sites (N-methyl/N-ethyl adjacent to an activating group) is 1. The van der Waals surface area contributed by atoms with Crippen molar-refractivity contribution in [3.8, 4) is 0 Å². The fourth-order valence-corrected chi connectivity index (χ4v) is 2.98. The van der Waals surface area contributed by atoms with E-state index in [-0.39, 0.29) is 0 Å². The molecule has 0 saturated carbocycles. The second kappa shape index (κ2) is 5.98. The molecule has 1 fully saturated rings. The van der Waals surface area contributed by atoms with Gasteiger partial charge in [-0.15, -0.1) is 0 Å². The molecule has 0 spiro atoms. The molecule has 108 valence electrons. The molecule has 1 aliphatic heterocycles. The first-order valence-electron chi connectivity index (χ1n) is 7.56. The van der Waals surface area contributed by atoms with E-state index in [1.807, 2.05) is 0 Å². The van der Waals surface area contributed by atoms with Crippen molar-refractivity contribution in [3.05, 3.63) is 36.0 Å². The van der Waals surface area contributed by atoms with Crippen LogP contribution >= 0.6 is 0 Å². The minimum atomic E-state index is 0.602. The normalized spacial score (nSPS) is 17.1. The van der Waals surface area contributed by atoms with Gasteiger partial charge in [0.1, 0.15) is 0 Å². The van der Waals surface area contributed by atoms with Crippen LogP contribution in [0.1, 0.15) is 24.4 Å². The highest BCUT2D eigenvalue weighted by molar-refractivity contribution is 5.81. The van der Waals surface area contributed by atoms with E-state index < -0.39 is 0 Å². The zero-order chi connectivity index (χ0) is 13.9. The van der Waals surface area contributed by atoms with E-state index in [1.165, 1.54) is 16.5 Å². The summed E-state index contributed by atoms with van der Waals surface area (Å²) in [6.07, 6.45) is 5.62. The quantitative estimate of drug-likeness (QED) is 0.851. The van der Waals surface area contributed by atoms with E-state index in [1.54, 1.807) is 0 Å². The van der Waals surface area contributed by atoms with Crippen molar-refractivity contribution >= 4 is 10.9 Å². The molecule has 0 unspecified atom stereocenters. The summed E-state index contributed by atoms with van der Waals surface area (Å²) in [6.45, 7) is 2.89. The first-order chi connectivity index (χ1) is 9.74. The van der Waals surface area contributed by atoms with E-state index in [0.717, 1.165) is 39.0 Å². The van der Waals surface area contributed by atoms with E-state index in [2.05, 4.69) is 54.0 Å². The molecule has 1 saturated heterocycles. The van der Waals surface area contributed by atoms with E-state index in [4.69, 9.17) is 4.74 Å². The summed E-state index contributed by atoms with van der Waals surface area (Å²) in [5, 5.41) is 1.35. The fraction of sp³-hybridized carbons (Fsp3) is 0.529. The van der Waals surface area contributed by atoms with Gasteiger partial charge in [-0.1, -0.05) is 12.1 Å². The lowest BCUT2D eigenvalue weighted by atomic mass is 10.1. The molecule has 0 aliphatic carbocycles. The molecular weight excluding hydrogens is 248 g/mol. The number of rotatable bonds is 4. The molecule has 3 heteroatoms. The molecule has 20 heavy (non-hydrogen) atoms. The topological polar surface area (TPSA) is 17.4 Å². The van der Waals surface area contributed by atoms with Crippen LogP contribution in [0.2, 0.25) is 0 Å². The van der Waals surface area contributed by atoms with Crippen molar-refractivity contribution in [3.63, 3.8) is 0 Å². The molecule has 0 bridgehead atoms. The van der Waals surface area contributed by atoms with E-state index in [9.17, 15) is 0 Å². The molecule has 2 aromatic rings. The van der Waals surface area contributed by atoms with Crippen LogP contribution in [0.25, 0.3) is 10.9 Å². The number of fused-ring (bicyclic) bond motifs is 1. The Hall–Kier alpha value is -1.32. The van der Waals surface area contributed by atoms with Gasteiger partial charge in [-0.05, 0) is 56.4 Å². The van der Waals surface area contributed by atoms with Gasteiger partial charge in [-0.2, -0.15) is 0 Å². The van der Waals surface area contributed by atoms with Gasteiger partial charge in [0, 0.05) is 37.5 Å². The highest BCUT2D eigenvalue weighted by atomic mass is 16.5. The third kappa shape index (κ3) is 2.89. The second-order valence-electron chi connectivity index (χ2n) is 6.01. The number of hydrogen-bond acceptors (Lipinski definition) is 2. The fourth-order valence-electron chi connectivity index (χ4n) is 2.98. The summed E-state index contributed by atoms with van der Waals surface area (Å²) in [5.41, 5.74) is 2.81. The predicted octanol–water partition coefficient (Wildman–Crippen LogP) is 3.10. The van der Waals surface area contributed by atoms with Crippen molar-refractivity contribution in [1.82, 2.24) is 9.47 Å². The third-order valence-electron chi connectivity index (χ3n) is 4.22. The van der Waals surface area contributed by atoms with Crippen LogP contribution in [0.5, 0.6) is 0 Å². The number of hydrogen-bond donors (Lipinski definition) is 0. The van der Waals surface area contributed by atoms with Gasteiger partial charge >= 0.3 is 0 Å². The largest absolute Gasteiger partial charge is 0.381 e. The highest BCUT2D eigenvalue weighted by Crippen LogP contribution is 2.27. The van der Waals surface area contributed by atoms with Gasteiger partial charge in [0.15, 0.2) is 0 Å². The molecule has 3 nitrogen and oxygen atoms in total. The van der Waals surface area contributed by atoms with E-state index in [0.29, 0.717) is 6.04 Å². The summed E-state index contributed by atoms with van der Waals surface area (Å²) in [4.78, 5) is 2.24. The molecule has 0 radical (unpaired) electrons. The lowest BCUT2D eigenvalue weighted by Gasteiger charge is -2.24. The van der Waals surface area contributed by atoms with Crippen molar-refractivity contribution in [2.75, 3.05) is 33.9 Å². The molecule has 1 aliphatic rings. The molecule has 0 N–H and O–H groups in total. The van der Waals surface area contributed by atoms with Crippen LogP contribution in [-0.4, -0.2) is 43.3 Å². The Labute approximate surface area is 121 Å². The van der Waals surface area contributed by atoms with Crippen LogP contribution in [0.3, 0.4) is 0 Å². The lowest BCUT2D eigenvalue weighted by molar-refractivity contribution is 0.0707. The molecular formula is C17H24N2O. The van der Waals surface area contributed by atoms with Crippen molar-refractivity contribution in [2.45, 2.75) is 25.3 Å². The maximum atomic E-state index is 5.48. The summed E-state index contributed by atoms with van der Waals surface area (Å²) in [7, 11) is 4.26. The number of nitrogens with zero attached hydrogens (tertiary/aromatic N) is 2. The average molecular weight is 272 g/mol. The first-order valence-corrected chi connectivity index (χ1v) is 7.56. The van der Waals surface area contributed by atoms with Gasteiger partial charge in [0.05, 0.1) is 0 Å². The number of benzene rings is 1. The maximum absolute atomic E-state index is 5.48. The molecule has 0 amide bonds. The van der Waals surface area contributed by atoms with Crippen LogP contribution in [0, 0.1) is 0 Å². The summed E-state index contributed by atoms with van der Waals surface area (Å²) in [6, 6.07) is 9.73. The van der Waals surface area contributed by atoms with Gasteiger partial charge < -0.3 is 14.2 Å². The maximum Gasteiger partial charge on any atom is 0.0485 e. The van der Waals surface area contributed by atoms with E-state index >= 15 is 0 Å². The van der Waals surface area contributed by atoms with Crippen molar-refractivity contribution in [1.29, 1.82) is 0 Å². The Kier molecular flexibility index (Phi) is 4.08. The highest BCUT2D eigenvalue weighted by Gasteiger charge is 2.17. The van der Waals surface area contributed by atoms with Gasteiger partial charge in [-0.3, -0.25) is 0 Å². The van der Waals surface area contributed by atoms with Crippen LogP contribution < -0.4 is 0 Å². The Balaban J connectivity index is 1.86. The minimum Gasteiger partial charge on any atom is -0.381 e. The smallest absolute Gasteiger partial charge is 0.0485 e. The summed E-state index contributed by atoms with van der Waals surface area (Å²) >= 11 is 0. The lowest BCUT2D eigenvalue weighted by Crippen LogP contribution is -2.19. The molecule has 2 heterocycles. The third-order valence-corrected chi connectivity index (χ3v) is 4.22. The van der Waals surface area contributed by atoms with Crippen molar-refractivity contribution in [2.24, 2.45) is 0 Å². The Morgan fingerprint density at radius 2 is 2.00 bits per heavy atom. The standard InChI is InChI=1S/C17H24N2O/c1-18(2)9-5-14-3-4-15-6-10-19(17(15)13-14)16-7-11-20-12-8-16/h3-4,6,10,13,16H,5,7-9,11-12H2,1-2H3. The zero-order valence-electron chi connectivity index (χ0n) is 12.5. The molecule has 1 aromatic carbocycles. The minimum absolute atomic E-state index is 0.602. The molecule has 0 atom stereocenters. The number of ether oxygens (including phenoxy) is 1. The Bertz CT molecular complexity index is 567. The first kappa shape index (κ1) is 13.7. The van der Waals surface area contributed by atoms with Crippen molar-refractivity contribution < 1.29 is 4.74 Å². The Morgan fingerprint density at radius 3 is 2.75 bits per heavy atom. The summed E-state index contributed by atoms with van der Waals surface area (Å²) < 4.78 is 7.93. The second-order valence-corrected chi connectivity index (χ2v) is 6.01. The van der Waals surface area contributed by atoms with Gasteiger partial charge in [0.25, 0.3) is 0 Å². The molecule has 3 rings (SSSR count). The predicted molar refractivity (Wildman–Crippen MR) is 83.3 cm³/mol. The molecule has 1 aromatic heterocycles. The monoisotopic (exact) mass is 272 g/mol.